The first-order valence-electron chi connectivity index (χ1n) is 9.96. The largest absolute Gasteiger partial charge is 0.459 e. The lowest BCUT2D eigenvalue weighted by Crippen LogP contribution is -2.48. The highest BCUT2D eigenvalue weighted by molar-refractivity contribution is 5.83. The Morgan fingerprint density at radius 2 is 2.14 bits per heavy atom. The Hall–Kier alpha value is -2.12. The van der Waals surface area contributed by atoms with E-state index in [4.69, 9.17) is 9.15 Å². The summed E-state index contributed by atoms with van der Waals surface area (Å²) in [4.78, 5) is 6.83. The number of piperidine rings is 1. The van der Waals surface area contributed by atoms with Crippen molar-refractivity contribution in [1.82, 2.24) is 15.5 Å². The predicted molar refractivity (Wildman–Crippen MR) is 110 cm³/mol. The second-order valence-electron chi connectivity index (χ2n) is 7.32. The van der Waals surface area contributed by atoms with Crippen LogP contribution in [0.2, 0.25) is 0 Å². The highest BCUT2D eigenvalue weighted by Crippen LogP contribution is 2.25. The molecule has 1 fully saturated rings. The normalized spacial score (nSPS) is 16.6. The van der Waals surface area contributed by atoms with Crippen molar-refractivity contribution in [1.29, 1.82) is 0 Å². The van der Waals surface area contributed by atoms with Gasteiger partial charge in [0.25, 0.3) is 0 Å². The molecule has 1 aliphatic heterocycles. The van der Waals surface area contributed by atoms with Crippen molar-refractivity contribution in [2.75, 3.05) is 40.4 Å². The molecule has 0 radical (unpaired) electrons. The zero-order chi connectivity index (χ0) is 19.9. The number of ether oxygens (including phenoxy) is 1. The number of halogens is 1. The minimum absolute atomic E-state index is 0.248. The smallest absolute Gasteiger partial charge is 0.191 e. The van der Waals surface area contributed by atoms with Gasteiger partial charge in [0.05, 0.1) is 6.54 Å². The van der Waals surface area contributed by atoms with E-state index >= 15 is 0 Å². The summed E-state index contributed by atoms with van der Waals surface area (Å²) in [5, 5.41) is 7.66. The van der Waals surface area contributed by atoms with Crippen molar-refractivity contribution in [2.24, 2.45) is 4.99 Å². The maximum Gasteiger partial charge on any atom is 0.191 e. The number of fused-ring (bicyclic) bond motifs is 1. The number of hydrogen-bond acceptors (Lipinski definition) is 4. The van der Waals surface area contributed by atoms with Crippen LogP contribution in [0.1, 0.15) is 30.6 Å². The highest BCUT2D eigenvalue weighted by atomic mass is 19.1. The van der Waals surface area contributed by atoms with Crippen molar-refractivity contribution in [2.45, 2.75) is 38.8 Å². The second-order valence-corrected chi connectivity index (χ2v) is 7.32. The Morgan fingerprint density at radius 1 is 1.36 bits per heavy atom. The number of rotatable bonds is 7. The van der Waals surface area contributed by atoms with Gasteiger partial charge in [0.1, 0.15) is 17.2 Å². The molecule has 28 heavy (non-hydrogen) atoms. The van der Waals surface area contributed by atoms with Gasteiger partial charge in [-0.1, -0.05) is 0 Å². The summed E-state index contributed by atoms with van der Waals surface area (Å²) in [7, 11) is 3.52. The third kappa shape index (κ3) is 5.23. The molecule has 1 aliphatic rings. The first-order valence-corrected chi connectivity index (χ1v) is 9.96. The Bertz CT molecular complexity index is 797. The van der Waals surface area contributed by atoms with Crippen LogP contribution in [0.5, 0.6) is 0 Å². The number of methoxy groups -OCH3 is 1. The van der Waals surface area contributed by atoms with E-state index in [-0.39, 0.29) is 5.82 Å². The molecule has 0 unspecified atom stereocenters. The molecule has 154 valence electrons. The standard InChI is InChI=1S/C21H31FN4O2/c1-15-18-13-16(22)5-6-19(18)28-20(15)14-24-21(23-2)25-17-7-10-26(11-8-17)9-4-12-27-3/h5-6,13,17H,4,7-12,14H2,1-3H3,(H2,23,24,25). The van der Waals surface area contributed by atoms with Gasteiger partial charge in [-0.15, -0.1) is 0 Å². The summed E-state index contributed by atoms with van der Waals surface area (Å²) >= 11 is 0. The van der Waals surface area contributed by atoms with Gasteiger partial charge in [-0.2, -0.15) is 0 Å². The van der Waals surface area contributed by atoms with Crippen LogP contribution in [0.3, 0.4) is 0 Å². The van der Waals surface area contributed by atoms with Crippen LogP contribution >= 0.6 is 0 Å². The number of guanidine groups is 1. The lowest BCUT2D eigenvalue weighted by atomic mass is 10.1. The maximum absolute atomic E-state index is 13.5. The molecule has 1 aromatic carbocycles. The van der Waals surface area contributed by atoms with E-state index in [1.165, 1.54) is 12.1 Å². The fourth-order valence-electron chi connectivity index (χ4n) is 3.70. The molecule has 2 aromatic rings. The first-order chi connectivity index (χ1) is 13.6. The summed E-state index contributed by atoms with van der Waals surface area (Å²) in [5.41, 5.74) is 1.67. The Kier molecular flexibility index (Phi) is 7.28. The molecular weight excluding hydrogens is 359 g/mol. The third-order valence-electron chi connectivity index (χ3n) is 5.39. The number of benzene rings is 1. The minimum Gasteiger partial charge on any atom is -0.459 e. The molecule has 0 aliphatic carbocycles. The molecule has 7 heteroatoms. The second kappa shape index (κ2) is 9.89. The molecule has 2 heterocycles. The van der Waals surface area contributed by atoms with Crippen LogP contribution in [-0.4, -0.2) is 57.3 Å². The summed E-state index contributed by atoms with van der Waals surface area (Å²) in [6.07, 6.45) is 3.27. The molecular formula is C21H31FN4O2. The van der Waals surface area contributed by atoms with Gasteiger partial charge >= 0.3 is 0 Å². The number of hydrogen-bond donors (Lipinski definition) is 2. The lowest BCUT2D eigenvalue weighted by Gasteiger charge is -2.33. The van der Waals surface area contributed by atoms with E-state index < -0.39 is 0 Å². The van der Waals surface area contributed by atoms with E-state index in [0.29, 0.717) is 18.2 Å². The lowest BCUT2D eigenvalue weighted by molar-refractivity contribution is 0.155. The van der Waals surface area contributed by atoms with Gasteiger partial charge in [-0.25, -0.2) is 4.39 Å². The maximum atomic E-state index is 13.5. The number of aryl methyl sites for hydroxylation is 1. The molecule has 2 N–H and O–H groups in total. The van der Waals surface area contributed by atoms with Gasteiger partial charge in [-0.05, 0) is 44.4 Å². The average Bonchev–Trinajstić information content (AvgIpc) is 3.02. The van der Waals surface area contributed by atoms with Crippen molar-refractivity contribution >= 4 is 16.9 Å². The van der Waals surface area contributed by atoms with Crippen LogP contribution in [0, 0.1) is 12.7 Å². The zero-order valence-electron chi connectivity index (χ0n) is 17.1. The Morgan fingerprint density at radius 3 is 2.86 bits per heavy atom. The fourth-order valence-corrected chi connectivity index (χ4v) is 3.70. The monoisotopic (exact) mass is 390 g/mol. The summed E-state index contributed by atoms with van der Waals surface area (Å²) in [5.74, 6) is 1.32. The SMILES string of the molecule is CN=C(NCc1oc2ccc(F)cc2c1C)NC1CCN(CCCOC)CC1. The van der Waals surface area contributed by atoms with Crippen LogP contribution in [0.15, 0.2) is 27.6 Å². The van der Waals surface area contributed by atoms with E-state index in [0.717, 1.165) is 68.2 Å². The average molecular weight is 391 g/mol. The van der Waals surface area contributed by atoms with E-state index in [1.54, 1.807) is 20.2 Å². The molecule has 0 amide bonds. The third-order valence-corrected chi connectivity index (χ3v) is 5.39. The molecule has 0 atom stereocenters. The van der Waals surface area contributed by atoms with Crippen molar-refractivity contribution in [3.63, 3.8) is 0 Å². The molecule has 6 nitrogen and oxygen atoms in total. The van der Waals surface area contributed by atoms with Crippen molar-refractivity contribution in [3.05, 3.63) is 35.3 Å². The van der Waals surface area contributed by atoms with Gasteiger partial charge in [0, 0.05) is 57.4 Å². The topological polar surface area (TPSA) is 62.0 Å². The fraction of sp³-hybridized carbons (Fsp3) is 0.571. The molecule has 0 saturated carbocycles. The summed E-state index contributed by atoms with van der Waals surface area (Å²) in [6.45, 7) is 6.57. The van der Waals surface area contributed by atoms with Gasteiger partial charge in [-0.3, -0.25) is 4.99 Å². The molecule has 1 aromatic heterocycles. The number of likely N-dealkylation sites (tertiary alicyclic amines) is 1. The zero-order valence-corrected chi connectivity index (χ0v) is 17.1. The Balaban J connectivity index is 1.49. The quantitative estimate of drug-likeness (QED) is 0.432. The summed E-state index contributed by atoms with van der Waals surface area (Å²) in [6, 6.07) is 5.03. The van der Waals surface area contributed by atoms with Crippen LogP contribution in [0.4, 0.5) is 4.39 Å². The highest BCUT2D eigenvalue weighted by Gasteiger charge is 2.20. The van der Waals surface area contributed by atoms with E-state index in [1.807, 2.05) is 6.92 Å². The number of aliphatic imine (C=N–C) groups is 1. The van der Waals surface area contributed by atoms with Crippen LogP contribution in [0.25, 0.3) is 11.0 Å². The van der Waals surface area contributed by atoms with Crippen molar-refractivity contribution in [3.8, 4) is 0 Å². The predicted octanol–water partition coefficient (Wildman–Crippen LogP) is 3.05. The molecule has 0 bridgehead atoms. The summed E-state index contributed by atoms with van der Waals surface area (Å²) < 4.78 is 24.5. The van der Waals surface area contributed by atoms with Gasteiger partial charge in [0.15, 0.2) is 5.96 Å². The van der Waals surface area contributed by atoms with Crippen LogP contribution in [-0.2, 0) is 11.3 Å². The first kappa shape index (κ1) is 20.6. The van der Waals surface area contributed by atoms with E-state index in [9.17, 15) is 4.39 Å². The number of nitrogens with zero attached hydrogens (tertiary/aromatic N) is 2. The molecule has 1 saturated heterocycles. The van der Waals surface area contributed by atoms with Gasteiger partial charge < -0.3 is 24.7 Å². The molecule has 0 spiro atoms. The van der Waals surface area contributed by atoms with E-state index in [2.05, 4.69) is 20.5 Å². The van der Waals surface area contributed by atoms with Crippen LogP contribution < -0.4 is 10.6 Å². The minimum atomic E-state index is -0.248. The molecule has 3 rings (SSSR count). The van der Waals surface area contributed by atoms with Gasteiger partial charge in [0.2, 0.25) is 0 Å². The Labute approximate surface area is 166 Å². The van der Waals surface area contributed by atoms with Crippen molar-refractivity contribution < 1.29 is 13.5 Å². The number of nitrogens with one attached hydrogen (secondary N) is 2. The number of furan rings is 1.